The van der Waals surface area contributed by atoms with Gasteiger partial charge in [0.25, 0.3) is 0 Å². The summed E-state index contributed by atoms with van der Waals surface area (Å²) < 4.78 is 39.2. The minimum absolute atomic E-state index is 0.00417. The molecule has 1 saturated carbocycles. The van der Waals surface area contributed by atoms with Crippen molar-refractivity contribution in [2.75, 3.05) is 6.54 Å². The summed E-state index contributed by atoms with van der Waals surface area (Å²) in [6, 6.07) is 5.08. The minimum Gasteiger partial charge on any atom is -0.211 e. The van der Waals surface area contributed by atoms with Crippen molar-refractivity contribution in [1.29, 1.82) is 0 Å². The van der Waals surface area contributed by atoms with E-state index in [0.29, 0.717) is 12.5 Å². The van der Waals surface area contributed by atoms with Crippen LogP contribution in [0.15, 0.2) is 29.2 Å². The van der Waals surface area contributed by atoms with Crippen molar-refractivity contribution in [2.45, 2.75) is 30.6 Å². The van der Waals surface area contributed by atoms with E-state index in [1.165, 1.54) is 31.0 Å². The van der Waals surface area contributed by atoms with Gasteiger partial charge in [-0.25, -0.2) is 17.5 Å². The number of benzene rings is 1. The third kappa shape index (κ3) is 3.26. The van der Waals surface area contributed by atoms with Crippen molar-refractivity contribution < 1.29 is 12.8 Å². The van der Waals surface area contributed by atoms with Crippen molar-refractivity contribution in [1.82, 2.24) is 4.72 Å². The zero-order chi connectivity index (χ0) is 12.3. The molecule has 1 aliphatic carbocycles. The van der Waals surface area contributed by atoms with Crippen molar-refractivity contribution in [2.24, 2.45) is 5.92 Å². The second-order valence-electron chi connectivity index (χ2n) is 4.46. The molecule has 1 aliphatic rings. The molecular weight excluding hydrogens is 241 g/mol. The van der Waals surface area contributed by atoms with Crippen LogP contribution < -0.4 is 4.72 Å². The maximum atomic E-state index is 12.9. The molecular formula is C12H16FNO2S. The summed E-state index contributed by atoms with van der Waals surface area (Å²) in [7, 11) is -3.56. The minimum atomic E-state index is -3.56. The normalized spacial score (nSPS) is 17.5. The van der Waals surface area contributed by atoms with Crippen molar-refractivity contribution >= 4 is 10.0 Å². The van der Waals surface area contributed by atoms with E-state index in [0.717, 1.165) is 18.9 Å². The quantitative estimate of drug-likeness (QED) is 0.899. The van der Waals surface area contributed by atoms with Gasteiger partial charge in [-0.15, -0.1) is 0 Å². The fraction of sp³-hybridized carbons (Fsp3) is 0.500. The van der Waals surface area contributed by atoms with E-state index >= 15 is 0 Å². The third-order valence-corrected chi connectivity index (χ3v) is 4.56. The Kier molecular flexibility index (Phi) is 3.79. The molecule has 3 nitrogen and oxygen atoms in total. The molecule has 1 fully saturated rings. The molecule has 0 aliphatic heterocycles. The van der Waals surface area contributed by atoms with Crippen LogP contribution in [-0.2, 0) is 10.0 Å². The van der Waals surface area contributed by atoms with Crippen LogP contribution in [0, 0.1) is 11.7 Å². The van der Waals surface area contributed by atoms with Gasteiger partial charge in [0, 0.05) is 6.54 Å². The van der Waals surface area contributed by atoms with Gasteiger partial charge in [-0.3, -0.25) is 0 Å². The van der Waals surface area contributed by atoms with Gasteiger partial charge in [-0.1, -0.05) is 18.9 Å². The van der Waals surface area contributed by atoms with Gasteiger partial charge in [0.2, 0.25) is 10.0 Å². The molecule has 0 aromatic heterocycles. The van der Waals surface area contributed by atoms with E-state index < -0.39 is 15.8 Å². The Bertz CT molecular complexity index is 481. The topological polar surface area (TPSA) is 46.2 Å². The van der Waals surface area contributed by atoms with Crippen LogP contribution in [0.5, 0.6) is 0 Å². The Morgan fingerprint density at radius 2 is 2.00 bits per heavy atom. The average Bonchev–Trinajstić information content (AvgIpc) is 2.79. The molecule has 2 rings (SSSR count). The lowest BCUT2D eigenvalue weighted by Crippen LogP contribution is -2.28. The molecule has 0 saturated heterocycles. The molecule has 0 unspecified atom stereocenters. The highest BCUT2D eigenvalue weighted by Gasteiger charge is 2.19. The van der Waals surface area contributed by atoms with Gasteiger partial charge in [0.05, 0.1) is 4.90 Å². The average molecular weight is 257 g/mol. The number of hydrogen-bond acceptors (Lipinski definition) is 2. The van der Waals surface area contributed by atoms with Gasteiger partial charge in [0.1, 0.15) is 5.82 Å². The van der Waals surface area contributed by atoms with Crippen LogP contribution in [0.25, 0.3) is 0 Å². The number of halogens is 1. The van der Waals surface area contributed by atoms with Crippen LogP contribution in [0.4, 0.5) is 4.39 Å². The smallest absolute Gasteiger partial charge is 0.211 e. The third-order valence-electron chi connectivity index (χ3n) is 3.14. The zero-order valence-corrected chi connectivity index (χ0v) is 10.3. The molecule has 0 radical (unpaired) electrons. The van der Waals surface area contributed by atoms with E-state index in [-0.39, 0.29) is 4.90 Å². The predicted octanol–water partition coefficient (Wildman–Crippen LogP) is 2.29. The lowest BCUT2D eigenvalue weighted by atomic mass is 10.1. The molecule has 0 heterocycles. The molecule has 0 bridgehead atoms. The fourth-order valence-corrected chi connectivity index (χ4v) is 3.31. The summed E-state index contributed by atoms with van der Waals surface area (Å²) >= 11 is 0. The van der Waals surface area contributed by atoms with E-state index in [9.17, 15) is 12.8 Å². The standard InChI is InChI=1S/C12H16FNO2S/c13-11-6-3-7-12(8-11)17(15,16)14-9-10-4-1-2-5-10/h3,6-8,10,14H,1-2,4-5,9H2. The van der Waals surface area contributed by atoms with Crippen LogP contribution in [0.3, 0.4) is 0 Å². The molecule has 0 amide bonds. The van der Waals surface area contributed by atoms with Crippen LogP contribution in [-0.4, -0.2) is 15.0 Å². The molecule has 94 valence electrons. The first-order valence-corrected chi connectivity index (χ1v) is 7.31. The highest BCUT2D eigenvalue weighted by atomic mass is 32.2. The van der Waals surface area contributed by atoms with E-state index in [1.54, 1.807) is 0 Å². The summed E-state index contributed by atoms with van der Waals surface area (Å²) in [6.07, 6.45) is 4.50. The second-order valence-corrected chi connectivity index (χ2v) is 6.23. The van der Waals surface area contributed by atoms with Crippen molar-refractivity contribution in [3.63, 3.8) is 0 Å². The highest BCUT2D eigenvalue weighted by Crippen LogP contribution is 2.24. The predicted molar refractivity (Wildman–Crippen MR) is 63.5 cm³/mol. The largest absolute Gasteiger partial charge is 0.240 e. The van der Waals surface area contributed by atoms with Crippen molar-refractivity contribution in [3.05, 3.63) is 30.1 Å². The summed E-state index contributed by atoms with van der Waals surface area (Å²) in [6.45, 7) is 0.457. The fourth-order valence-electron chi connectivity index (χ4n) is 2.16. The number of nitrogens with one attached hydrogen (secondary N) is 1. The van der Waals surface area contributed by atoms with Crippen LogP contribution in [0.1, 0.15) is 25.7 Å². The Morgan fingerprint density at radius 3 is 2.65 bits per heavy atom. The Balaban J connectivity index is 2.03. The lowest BCUT2D eigenvalue weighted by Gasteiger charge is -2.11. The van der Waals surface area contributed by atoms with Crippen LogP contribution in [0.2, 0.25) is 0 Å². The zero-order valence-electron chi connectivity index (χ0n) is 9.52. The highest BCUT2D eigenvalue weighted by molar-refractivity contribution is 7.89. The van der Waals surface area contributed by atoms with Crippen LogP contribution >= 0.6 is 0 Å². The summed E-state index contributed by atoms with van der Waals surface area (Å²) in [5, 5.41) is 0. The molecule has 1 N–H and O–H groups in total. The SMILES string of the molecule is O=S(=O)(NCC1CCCC1)c1cccc(F)c1. The Morgan fingerprint density at radius 1 is 1.29 bits per heavy atom. The monoisotopic (exact) mass is 257 g/mol. The molecule has 0 atom stereocenters. The maximum absolute atomic E-state index is 12.9. The summed E-state index contributed by atoms with van der Waals surface area (Å²) in [5.41, 5.74) is 0. The molecule has 0 spiro atoms. The second kappa shape index (κ2) is 5.14. The molecule has 1 aromatic rings. The number of rotatable bonds is 4. The van der Waals surface area contributed by atoms with Crippen molar-refractivity contribution in [3.8, 4) is 0 Å². The molecule has 5 heteroatoms. The number of sulfonamides is 1. The first-order valence-electron chi connectivity index (χ1n) is 5.83. The Hall–Kier alpha value is -0.940. The maximum Gasteiger partial charge on any atom is 0.240 e. The first-order chi connectivity index (χ1) is 8.08. The molecule has 17 heavy (non-hydrogen) atoms. The van der Waals surface area contributed by atoms with Gasteiger partial charge in [-0.2, -0.15) is 0 Å². The van der Waals surface area contributed by atoms with Gasteiger partial charge < -0.3 is 0 Å². The van der Waals surface area contributed by atoms with Gasteiger partial charge in [-0.05, 0) is 37.0 Å². The first kappa shape index (κ1) is 12.5. The van der Waals surface area contributed by atoms with E-state index in [2.05, 4.69) is 4.72 Å². The summed E-state index contributed by atoms with van der Waals surface area (Å²) in [5.74, 6) is -0.105. The lowest BCUT2D eigenvalue weighted by molar-refractivity contribution is 0.519. The van der Waals surface area contributed by atoms with Gasteiger partial charge >= 0.3 is 0 Å². The van der Waals surface area contributed by atoms with E-state index in [4.69, 9.17) is 0 Å². The molecule has 1 aromatic carbocycles. The van der Waals surface area contributed by atoms with E-state index in [1.807, 2.05) is 0 Å². The summed E-state index contributed by atoms with van der Waals surface area (Å²) in [4.78, 5) is -0.00417. The Labute approximate surface area is 101 Å². The number of hydrogen-bond donors (Lipinski definition) is 1. The van der Waals surface area contributed by atoms with Gasteiger partial charge in [0.15, 0.2) is 0 Å².